The minimum absolute atomic E-state index is 0.0951. The van der Waals surface area contributed by atoms with E-state index in [1.165, 1.54) is 7.11 Å². The summed E-state index contributed by atoms with van der Waals surface area (Å²) in [5, 5.41) is 2.84. The second kappa shape index (κ2) is 7.61. The molecule has 4 saturated carbocycles. The molecule has 0 spiro atoms. The first-order valence-electron chi connectivity index (χ1n) is 11.1. The lowest BCUT2D eigenvalue weighted by atomic mass is 9.48. The highest BCUT2D eigenvalue weighted by Gasteiger charge is 2.60. The van der Waals surface area contributed by atoms with Gasteiger partial charge in [-0.3, -0.25) is 4.79 Å². The van der Waals surface area contributed by atoms with Crippen molar-refractivity contribution in [1.82, 2.24) is 10.2 Å². The fourth-order valence-electron chi connectivity index (χ4n) is 6.35. The van der Waals surface area contributed by atoms with Gasteiger partial charge in [-0.2, -0.15) is 0 Å². The molecule has 5 rings (SSSR count). The molecule has 3 atom stereocenters. The summed E-state index contributed by atoms with van der Waals surface area (Å²) < 4.78 is 16.4. The summed E-state index contributed by atoms with van der Waals surface area (Å²) in [7, 11) is 1.47. The Morgan fingerprint density at radius 2 is 1.73 bits per heavy atom. The molecule has 0 aromatic rings. The van der Waals surface area contributed by atoms with Crippen LogP contribution in [0.3, 0.4) is 0 Å². The highest BCUT2D eigenvalue weighted by Crippen LogP contribution is 2.61. The largest absolute Gasteiger partial charge is 0.469 e. The van der Waals surface area contributed by atoms with Crippen LogP contribution >= 0.6 is 0 Å². The van der Waals surface area contributed by atoms with E-state index in [9.17, 15) is 14.4 Å². The Bertz CT molecular complexity index is 701. The molecular weight excluding hydrogens is 388 g/mol. The van der Waals surface area contributed by atoms with Crippen molar-refractivity contribution in [2.75, 3.05) is 20.2 Å². The first-order chi connectivity index (χ1) is 14.1. The molecular formula is C22H34N2O6. The van der Waals surface area contributed by atoms with Gasteiger partial charge in [-0.25, -0.2) is 9.59 Å². The monoisotopic (exact) mass is 422 g/mol. The average molecular weight is 423 g/mol. The smallest absolute Gasteiger partial charge is 0.410 e. The Balaban J connectivity index is 1.31. The van der Waals surface area contributed by atoms with Crippen LogP contribution in [0.15, 0.2) is 0 Å². The van der Waals surface area contributed by atoms with E-state index in [-0.39, 0.29) is 41.5 Å². The van der Waals surface area contributed by atoms with Gasteiger partial charge in [0.2, 0.25) is 0 Å². The predicted molar refractivity (Wildman–Crippen MR) is 108 cm³/mol. The van der Waals surface area contributed by atoms with Crippen LogP contribution in [0.1, 0.15) is 59.3 Å². The van der Waals surface area contributed by atoms with Crippen molar-refractivity contribution in [3.63, 3.8) is 0 Å². The molecule has 0 aromatic heterocycles. The van der Waals surface area contributed by atoms with Gasteiger partial charge in [0.1, 0.15) is 11.7 Å². The maximum atomic E-state index is 12.8. The molecule has 1 aliphatic heterocycles. The molecule has 1 heterocycles. The molecule has 8 nitrogen and oxygen atoms in total. The molecule has 1 N–H and O–H groups in total. The van der Waals surface area contributed by atoms with Crippen LogP contribution < -0.4 is 5.32 Å². The van der Waals surface area contributed by atoms with Crippen molar-refractivity contribution in [3.05, 3.63) is 0 Å². The van der Waals surface area contributed by atoms with Gasteiger partial charge < -0.3 is 24.4 Å². The Morgan fingerprint density at radius 1 is 1.07 bits per heavy atom. The number of hydrogen-bond donors (Lipinski definition) is 1. The maximum absolute atomic E-state index is 12.8. The molecule has 5 aliphatic rings. The lowest BCUT2D eigenvalue weighted by Gasteiger charge is -2.57. The van der Waals surface area contributed by atoms with Gasteiger partial charge in [0, 0.05) is 13.1 Å². The van der Waals surface area contributed by atoms with E-state index in [0.29, 0.717) is 25.4 Å². The van der Waals surface area contributed by atoms with E-state index < -0.39 is 11.7 Å². The van der Waals surface area contributed by atoms with Crippen molar-refractivity contribution in [1.29, 1.82) is 0 Å². The van der Waals surface area contributed by atoms with Gasteiger partial charge in [0.25, 0.3) is 0 Å². The van der Waals surface area contributed by atoms with Crippen LogP contribution in [0.25, 0.3) is 0 Å². The molecule has 4 aliphatic carbocycles. The Morgan fingerprint density at radius 3 is 2.33 bits per heavy atom. The number of hydrogen-bond acceptors (Lipinski definition) is 6. The Hall–Kier alpha value is -1.99. The number of alkyl carbamates (subject to hydrolysis) is 1. The van der Waals surface area contributed by atoms with Crippen molar-refractivity contribution in [2.24, 2.45) is 23.2 Å². The van der Waals surface area contributed by atoms with Crippen molar-refractivity contribution < 1.29 is 28.6 Å². The molecule has 3 unspecified atom stereocenters. The standard InChI is InChI=1S/C22H34N2O6/c1-21(2,3)30-19(26)23-16-5-6-24(12-16)20(27)29-17-14-7-13-8-15(17)11-22(9-13,10-14)18(25)28-4/h13-17H,5-12H2,1-4H3,(H,23,26). The number of carbonyl (C=O) groups is 3. The predicted octanol–water partition coefficient (Wildman–Crippen LogP) is 3.09. The first kappa shape index (κ1) is 21.2. The normalized spacial score (nSPS) is 37.1. The van der Waals surface area contributed by atoms with Gasteiger partial charge in [0.05, 0.1) is 18.6 Å². The van der Waals surface area contributed by atoms with Crippen LogP contribution in [0.2, 0.25) is 0 Å². The van der Waals surface area contributed by atoms with E-state index in [2.05, 4.69) is 5.32 Å². The van der Waals surface area contributed by atoms with Gasteiger partial charge in [-0.15, -0.1) is 0 Å². The summed E-state index contributed by atoms with van der Waals surface area (Å²) in [6.07, 6.45) is 4.26. The number of amides is 2. The molecule has 1 saturated heterocycles. The minimum atomic E-state index is -0.553. The fraction of sp³-hybridized carbons (Fsp3) is 0.864. The van der Waals surface area contributed by atoms with Crippen LogP contribution in [0, 0.1) is 23.2 Å². The summed E-state index contributed by atoms with van der Waals surface area (Å²) in [5.74, 6) is 0.906. The molecule has 5 fully saturated rings. The third-order valence-electron chi connectivity index (χ3n) is 7.21. The van der Waals surface area contributed by atoms with Crippen LogP contribution in [0.5, 0.6) is 0 Å². The topological polar surface area (TPSA) is 94.2 Å². The number of likely N-dealkylation sites (tertiary alicyclic amines) is 1. The lowest BCUT2D eigenvalue weighted by Crippen LogP contribution is -2.58. The van der Waals surface area contributed by atoms with E-state index in [1.807, 2.05) is 20.8 Å². The lowest BCUT2D eigenvalue weighted by molar-refractivity contribution is -0.182. The SMILES string of the molecule is COC(=O)C12CC3CC(C1)C(OC(=O)N1CCC(NC(=O)OC(C)(C)C)C1)C(C3)C2. The van der Waals surface area contributed by atoms with Crippen molar-refractivity contribution in [3.8, 4) is 0 Å². The minimum Gasteiger partial charge on any atom is -0.469 e. The molecule has 2 amide bonds. The number of esters is 1. The average Bonchev–Trinajstić information content (AvgIpc) is 3.10. The van der Waals surface area contributed by atoms with Crippen LogP contribution in [0.4, 0.5) is 9.59 Å². The summed E-state index contributed by atoms with van der Waals surface area (Å²) in [6.45, 7) is 6.44. The van der Waals surface area contributed by atoms with Crippen molar-refractivity contribution in [2.45, 2.75) is 77.0 Å². The molecule has 4 bridgehead atoms. The second-order valence-electron chi connectivity index (χ2n) is 10.7. The highest BCUT2D eigenvalue weighted by atomic mass is 16.6. The molecule has 0 aromatic carbocycles. The van der Waals surface area contributed by atoms with E-state index in [1.54, 1.807) is 4.90 Å². The van der Waals surface area contributed by atoms with Gasteiger partial charge in [-0.05, 0) is 77.0 Å². The zero-order chi connectivity index (χ0) is 21.7. The first-order valence-corrected chi connectivity index (χ1v) is 11.1. The number of carbonyl (C=O) groups excluding carboxylic acids is 3. The zero-order valence-corrected chi connectivity index (χ0v) is 18.4. The van der Waals surface area contributed by atoms with Crippen LogP contribution in [-0.4, -0.2) is 61.0 Å². The number of nitrogens with zero attached hydrogens (tertiary/aromatic N) is 1. The second-order valence-corrected chi connectivity index (χ2v) is 10.7. The summed E-state index contributed by atoms with van der Waals surface area (Å²) in [4.78, 5) is 38.9. The highest BCUT2D eigenvalue weighted by molar-refractivity contribution is 5.77. The van der Waals surface area contributed by atoms with E-state index in [0.717, 1.165) is 32.1 Å². The van der Waals surface area contributed by atoms with Gasteiger partial charge in [0.15, 0.2) is 0 Å². The van der Waals surface area contributed by atoms with E-state index in [4.69, 9.17) is 14.2 Å². The summed E-state index contributed by atoms with van der Waals surface area (Å²) in [6, 6.07) is -0.131. The number of rotatable bonds is 3. The molecule has 168 valence electrons. The zero-order valence-electron chi connectivity index (χ0n) is 18.4. The van der Waals surface area contributed by atoms with Crippen molar-refractivity contribution >= 4 is 18.2 Å². The van der Waals surface area contributed by atoms with Crippen LogP contribution in [-0.2, 0) is 19.0 Å². The quantitative estimate of drug-likeness (QED) is 0.555. The number of methoxy groups -OCH3 is 1. The molecule has 0 radical (unpaired) electrons. The third-order valence-corrected chi connectivity index (χ3v) is 7.21. The maximum Gasteiger partial charge on any atom is 0.410 e. The number of nitrogens with one attached hydrogen (secondary N) is 1. The Kier molecular flexibility index (Phi) is 5.39. The number of ether oxygens (including phenoxy) is 3. The van der Waals surface area contributed by atoms with Gasteiger partial charge >= 0.3 is 18.2 Å². The molecule has 30 heavy (non-hydrogen) atoms. The van der Waals surface area contributed by atoms with Gasteiger partial charge in [-0.1, -0.05) is 0 Å². The Labute approximate surface area is 178 Å². The molecule has 8 heteroatoms. The summed E-state index contributed by atoms with van der Waals surface area (Å²) in [5.41, 5.74) is -0.924. The van der Waals surface area contributed by atoms with E-state index >= 15 is 0 Å². The third kappa shape index (κ3) is 4.10. The summed E-state index contributed by atoms with van der Waals surface area (Å²) >= 11 is 0. The fourth-order valence-corrected chi connectivity index (χ4v) is 6.35.